The number of nitrogens with one attached hydrogen (secondary N) is 1. The van der Waals surface area contributed by atoms with E-state index in [0.29, 0.717) is 0 Å². The van der Waals surface area contributed by atoms with Gasteiger partial charge in [0, 0.05) is 37.1 Å². The van der Waals surface area contributed by atoms with Gasteiger partial charge in [-0.15, -0.1) is 5.10 Å². The predicted molar refractivity (Wildman–Crippen MR) is 87.6 cm³/mol. The molecule has 0 aliphatic rings. The first-order chi connectivity index (χ1) is 10.2. The minimum Gasteiger partial charge on any atom is -0.381 e. The van der Waals surface area contributed by atoms with Crippen LogP contribution in [0.4, 0.5) is 11.5 Å². The fourth-order valence-electron chi connectivity index (χ4n) is 2.32. The Bertz CT molecular complexity index is 738. The van der Waals surface area contributed by atoms with Crippen molar-refractivity contribution in [3.8, 4) is 0 Å². The summed E-state index contributed by atoms with van der Waals surface area (Å²) in [6, 6.07) is 16.6. The van der Waals surface area contributed by atoms with Crippen molar-refractivity contribution in [3.05, 3.63) is 60.3 Å². The van der Waals surface area contributed by atoms with Crippen molar-refractivity contribution in [2.24, 2.45) is 0 Å². The van der Waals surface area contributed by atoms with Gasteiger partial charge in [0.1, 0.15) is 0 Å². The first-order valence-electron chi connectivity index (χ1n) is 6.94. The van der Waals surface area contributed by atoms with Crippen molar-refractivity contribution < 1.29 is 0 Å². The molecule has 0 spiro atoms. The number of hydrogen-bond donors (Lipinski definition) is 1. The van der Waals surface area contributed by atoms with Crippen LogP contribution in [0.25, 0.3) is 10.8 Å². The molecule has 4 heteroatoms. The normalized spacial score (nSPS) is 10.6. The van der Waals surface area contributed by atoms with Crippen LogP contribution in [0.15, 0.2) is 54.7 Å². The largest absolute Gasteiger partial charge is 0.381 e. The van der Waals surface area contributed by atoms with Gasteiger partial charge in [0.25, 0.3) is 0 Å². The van der Waals surface area contributed by atoms with E-state index in [1.165, 1.54) is 5.56 Å². The maximum atomic E-state index is 4.19. The molecule has 4 nitrogen and oxygen atoms in total. The molecule has 3 rings (SSSR count). The number of fused-ring (bicyclic) bond motifs is 1. The van der Waals surface area contributed by atoms with E-state index in [0.717, 1.165) is 28.8 Å². The van der Waals surface area contributed by atoms with Crippen LogP contribution in [0, 0.1) is 0 Å². The summed E-state index contributed by atoms with van der Waals surface area (Å²) in [5, 5.41) is 13.9. The van der Waals surface area contributed by atoms with Gasteiger partial charge in [0.05, 0.1) is 6.20 Å². The summed E-state index contributed by atoms with van der Waals surface area (Å²) in [4.78, 5) is 1.98. The van der Waals surface area contributed by atoms with Crippen molar-refractivity contribution in [1.82, 2.24) is 10.2 Å². The molecule has 1 N–H and O–H groups in total. The number of hydrogen-bond acceptors (Lipinski definition) is 4. The molecule has 1 aromatic heterocycles. The maximum absolute atomic E-state index is 4.19. The van der Waals surface area contributed by atoms with E-state index in [4.69, 9.17) is 0 Å². The lowest BCUT2D eigenvalue weighted by atomic mass is 10.1. The van der Waals surface area contributed by atoms with Gasteiger partial charge >= 0.3 is 0 Å². The Morgan fingerprint density at radius 2 is 1.86 bits per heavy atom. The highest BCUT2D eigenvalue weighted by atomic mass is 15.2. The Labute approximate surface area is 124 Å². The molecule has 106 valence electrons. The van der Waals surface area contributed by atoms with Gasteiger partial charge in [-0.2, -0.15) is 5.10 Å². The number of benzene rings is 2. The van der Waals surface area contributed by atoms with E-state index >= 15 is 0 Å². The number of aromatic nitrogens is 2. The first-order valence-corrected chi connectivity index (χ1v) is 6.94. The van der Waals surface area contributed by atoms with E-state index in [-0.39, 0.29) is 0 Å². The van der Waals surface area contributed by atoms with Crippen molar-refractivity contribution in [2.75, 3.05) is 24.3 Å². The lowest BCUT2D eigenvalue weighted by molar-refractivity contribution is 0.980. The fourth-order valence-corrected chi connectivity index (χ4v) is 2.32. The van der Waals surface area contributed by atoms with Crippen LogP contribution in [-0.2, 0) is 6.54 Å². The summed E-state index contributed by atoms with van der Waals surface area (Å²) in [5.74, 6) is 0.898. The zero-order valence-corrected chi connectivity index (χ0v) is 12.2. The monoisotopic (exact) mass is 278 g/mol. The van der Waals surface area contributed by atoms with E-state index < -0.39 is 0 Å². The number of rotatable bonds is 4. The lowest BCUT2D eigenvalue weighted by Crippen LogP contribution is -2.11. The Hall–Kier alpha value is -2.62. The quantitative estimate of drug-likeness (QED) is 0.795. The summed E-state index contributed by atoms with van der Waals surface area (Å²) in [6.07, 6.45) is 1.81. The second-order valence-electron chi connectivity index (χ2n) is 5.20. The molecule has 2 aromatic carbocycles. The number of anilines is 2. The molecule has 0 saturated carbocycles. The highest BCUT2D eigenvalue weighted by Gasteiger charge is 2.06. The molecule has 0 saturated heterocycles. The van der Waals surface area contributed by atoms with Gasteiger partial charge in [0.2, 0.25) is 0 Å². The topological polar surface area (TPSA) is 41.1 Å². The van der Waals surface area contributed by atoms with Crippen LogP contribution in [0.3, 0.4) is 0 Å². The summed E-state index contributed by atoms with van der Waals surface area (Å²) < 4.78 is 0. The third-order valence-corrected chi connectivity index (χ3v) is 3.40. The van der Waals surface area contributed by atoms with E-state index in [2.05, 4.69) is 45.8 Å². The summed E-state index contributed by atoms with van der Waals surface area (Å²) in [7, 11) is 3.96. The molecule has 21 heavy (non-hydrogen) atoms. The second kappa shape index (κ2) is 5.79. The molecule has 0 fully saturated rings. The molecule has 0 unspecified atom stereocenters. The van der Waals surface area contributed by atoms with E-state index in [1.807, 2.05) is 43.4 Å². The van der Waals surface area contributed by atoms with Crippen LogP contribution in [0.2, 0.25) is 0 Å². The van der Waals surface area contributed by atoms with Gasteiger partial charge in [-0.3, -0.25) is 0 Å². The van der Waals surface area contributed by atoms with Gasteiger partial charge < -0.3 is 10.2 Å². The predicted octanol–water partition coefficient (Wildman–Crippen LogP) is 3.31. The number of nitrogens with zero attached hydrogens (tertiary/aromatic N) is 3. The summed E-state index contributed by atoms with van der Waals surface area (Å²) in [6.45, 7) is 0.791. The fraction of sp³-hybridized carbons (Fsp3) is 0.176. The lowest BCUT2D eigenvalue weighted by Gasteiger charge is -2.13. The molecule has 0 aliphatic heterocycles. The molecular formula is C17H18N4. The zero-order chi connectivity index (χ0) is 14.7. The Balaban J connectivity index is 1.85. The molecule has 0 bridgehead atoms. The van der Waals surface area contributed by atoms with Crippen LogP contribution < -0.4 is 10.2 Å². The van der Waals surface area contributed by atoms with Crippen LogP contribution in [0.1, 0.15) is 5.56 Å². The molecule has 0 aliphatic carbocycles. The molecule has 0 amide bonds. The van der Waals surface area contributed by atoms with Crippen LogP contribution >= 0.6 is 0 Å². The molecule has 0 atom stereocenters. The van der Waals surface area contributed by atoms with Crippen LogP contribution in [0.5, 0.6) is 0 Å². The summed E-state index contributed by atoms with van der Waals surface area (Å²) in [5.41, 5.74) is 2.35. The first kappa shape index (κ1) is 13.4. The van der Waals surface area contributed by atoms with Gasteiger partial charge in [-0.05, 0) is 23.8 Å². The Kier molecular flexibility index (Phi) is 3.69. The maximum Gasteiger partial charge on any atom is 0.158 e. The van der Waals surface area contributed by atoms with Gasteiger partial charge in [-0.25, -0.2) is 0 Å². The SMILES string of the molecule is CN(C)c1nncc2cc(CNc3ccccc3)ccc12. The van der Waals surface area contributed by atoms with Crippen molar-refractivity contribution in [3.63, 3.8) is 0 Å². The van der Waals surface area contributed by atoms with Gasteiger partial charge in [0.15, 0.2) is 5.82 Å². The minimum absolute atomic E-state index is 0.791. The molecular weight excluding hydrogens is 260 g/mol. The highest BCUT2D eigenvalue weighted by Crippen LogP contribution is 2.23. The average molecular weight is 278 g/mol. The third-order valence-electron chi connectivity index (χ3n) is 3.40. The van der Waals surface area contributed by atoms with Crippen LogP contribution in [-0.4, -0.2) is 24.3 Å². The highest BCUT2D eigenvalue weighted by molar-refractivity contribution is 5.91. The second-order valence-corrected chi connectivity index (χ2v) is 5.20. The Morgan fingerprint density at radius 1 is 1.05 bits per heavy atom. The smallest absolute Gasteiger partial charge is 0.158 e. The third kappa shape index (κ3) is 2.94. The van der Waals surface area contributed by atoms with Crippen molar-refractivity contribution >= 4 is 22.3 Å². The summed E-state index contributed by atoms with van der Waals surface area (Å²) >= 11 is 0. The average Bonchev–Trinajstić information content (AvgIpc) is 2.53. The van der Waals surface area contributed by atoms with Crippen molar-refractivity contribution in [2.45, 2.75) is 6.54 Å². The Morgan fingerprint density at radius 3 is 2.62 bits per heavy atom. The van der Waals surface area contributed by atoms with E-state index in [1.54, 1.807) is 0 Å². The van der Waals surface area contributed by atoms with Gasteiger partial charge in [-0.1, -0.05) is 30.3 Å². The molecule has 1 heterocycles. The van der Waals surface area contributed by atoms with Crippen molar-refractivity contribution in [1.29, 1.82) is 0 Å². The molecule has 3 aromatic rings. The van der Waals surface area contributed by atoms with E-state index in [9.17, 15) is 0 Å². The zero-order valence-electron chi connectivity index (χ0n) is 12.2. The molecule has 0 radical (unpaired) electrons. The standard InChI is InChI=1S/C17H18N4/c1-21(2)17-16-9-8-13(10-14(16)12-19-20-17)11-18-15-6-4-3-5-7-15/h3-10,12,18H,11H2,1-2H3. The minimum atomic E-state index is 0.791. The number of para-hydroxylation sites is 1.